The van der Waals surface area contributed by atoms with E-state index in [9.17, 15) is 9.59 Å². The molecule has 0 bridgehead atoms. The Labute approximate surface area is 118 Å². The Kier molecular flexibility index (Phi) is 5.93. The molecule has 2 atom stereocenters. The molecule has 0 aliphatic heterocycles. The molecule has 0 radical (unpaired) electrons. The predicted molar refractivity (Wildman–Crippen MR) is 76.7 cm³/mol. The van der Waals surface area contributed by atoms with Crippen molar-refractivity contribution in [3.8, 4) is 0 Å². The average Bonchev–Trinajstić information content (AvgIpc) is 2.39. The largest absolute Gasteiger partial charge is 0.368 e. The van der Waals surface area contributed by atoms with Gasteiger partial charge in [-0.25, -0.2) is 0 Å². The fourth-order valence-electron chi connectivity index (χ4n) is 1.84. The normalized spacial score (nSPS) is 13.3. The zero-order chi connectivity index (χ0) is 15.1. The fourth-order valence-corrected chi connectivity index (χ4v) is 1.84. The van der Waals surface area contributed by atoms with E-state index in [0.717, 1.165) is 5.57 Å². The highest BCUT2D eigenvalue weighted by atomic mass is 16.5. The van der Waals surface area contributed by atoms with Crippen LogP contribution in [0.25, 0.3) is 0 Å². The summed E-state index contributed by atoms with van der Waals surface area (Å²) in [6.45, 7) is 5.49. The van der Waals surface area contributed by atoms with Gasteiger partial charge in [0.25, 0.3) is 5.91 Å². The van der Waals surface area contributed by atoms with E-state index in [1.54, 1.807) is 19.1 Å². The molecule has 1 aromatic carbocycles. The quantitative estimate of drug-likeness (QED) is 0.737. The molecule has 0 aromatic heterocycles. The van der Waals surface area contributed by atoms with Crippen LogP contribution in [0.1, 0.15) is 25.0 Å². The lowest BCUT2D eigenvalue weighted by Gasteiger charge is -2.20. The third-order valence-electron chi connectivity index (χ3n) is 2.79. The molecule has 0 unspecified atom stereocenters. The van der Waals surface area contributed by atoms with Crippen molar-refractivity contribution in [2.24, 2.45) is 5.73 Å². The van der Waals surface area contributed by atoms with Crippen LogP contribution in [0.15, 0.2) is 42.5 Å². The molecule has 0 fully saturated rings. The summed E-state index contributed by atoms with van der Waals surface area (Å²) in [4.78, 5) is 23.5. The van der Waals surface area contributed by atoms with Crippen molar-refractivity contribution in [3.05, 3.63) is 48.0 Å². The Hall–Kier alpha value is -2.14. The van der Waals surface area contributed by atoms with Gasteiger partial charge in [0.05, 0.1) is 0 Å². The molecule has 2 amide bonds. The maximum absolute atomic E-state index is 12.2. The van der Waals surface area contributed by atoms with Gasteiger partial charge in [0.2, 0.25) is 5.91 Å². The van der Waals surface area contributed by atoms with Gasteiger partial charge in [-0.2, -0.15) is 0 Å². The number of hydrogen-bond acceptors (Lipinski definition) is 3. The van der Waals surface area contributed by atoms with Gasteiger partial charge in [-0.3, -0.25) is 9.59 Å². The van der Waals surface area contributed by atoms with Crippen molar-refractivity contribution in [1.82, 2.24) is 5.32 Å². The minimum absolute atomic E-state index is 0.312. The first kappa shape index (κ1) is 15.9. The number of primary amides is 1. The molecule has 0 heterocycles. The summed E-state index contributed by atoms with van der Waals surface area (Å²) in [5, 5.41) is 2.60. The van der Waals surface area contributed by atoms with Crippen LogP contribution in [-0.2, 0) is 14.3 Å². The maximum Gasteiger partial charge on any atom is 0.254 e. The first-order valence-electron chi connectivity index (χ1n) is 6.27. The molecule has 0 spiro atoms. The molecule has 0 aliphatic rings. The van der Waals surface area contributed by atoms with Gasteiger partial charge in [-0.15, -0.1) is 6.58 Å². The molecule has 0 saturated carbocycles. The lowest BCUT2D eigenvalue weighted by atomic mass is 10.1. The number of nitrogens with one attached hydrogen (secondary N) is 1. The second-order valence-corrected chi connectivity index (χ2v) is 4.65. The van der Waals surface area contributed by atoms with E-state index < -0.39 is 24.0 Å². The van der Waals surface area contributed by atoms with Gasteiger partial charge >= 0.3 is 0 Å². The Balaban J connectivity index is 2.81. The third-order valence-corrected chi connectivity index (χ3v) is 2.79. The van der Waals surface area contributed by atoms with Gasteiger partial charge in [0.1, 0.15) is 6.04 Å². The number of hydrogen-bond donors (Lipinski definition) is 2. The van der Waals surface area contributed by atoms with E-state index in [1.165, 1.54) is 7.11 Å². The zero-order valence-electron chi connectivity index (χ0n) is 11.8. The number of methoxy groups -OCH3 is 1. The molecular weight excluding hydrogens is 256 g/mol. The zero-order valence-corrected chi connectivity index (χ0v) is 11.8. The van der Waals surface area contributed by atoms with Crippen molar-refractivity contribution in [2.45, 2.75) is 25.5 Å². The van der Waals surface area contributed by atoms with Gasteiger partial charge in [-0.05, 0) is 18.9 Å². The van der Waals surface area contributed by atoms with Crippen LogP contribution >= 0.6 is 0 Å². The summed E-state index contributed by atoms with van der Waals surface area (Å²) in [6, 6.07) is 8.27. The molecule has 3 N–H and O–H groups in total. The lowest BCUT2D eigenvalue weighted by Crippen LogP contribution is -2.46. The highest BCUT2D eigenvalue weighted by Gasteiger charge is 2.25. The van der Waals surface area contributed by atoms with Gasteiger partial charge in [0, 0.05) is 7.11 Å². The Morgan fingerprint density at radius 3 is 2.40 bits per heavy atom. The topological polar surface area (TPSA) is 81.4 Å². The summed E-state index contributed by atoms with van der Waals surface area (Å²) in [7, 11) is 1.44. The van der Waals surface area contributed by atoms with E-state index in [4.69, 9.17) is 10.5 Å². The summed E-state index contributed by atoms with van der Waals surface area (Å²) in [5.74, 6) is -0.993. The number of ether oxygens (including phenoxy) is 1. The predicted octanol–water partition coefficient (Wildman–Crippen LogP) is 1.31. The van der Waals surface area contributed by atoms with Gasteiger partial charge in [0.15, 0.2) is 6.10 Å². The monoisotopic (exact) mass is 276 g/mol. The number of rotatable bonds is 7. The van der Waals surface area contributed by atoms with Crippen LogP contribution < -0.4 is 11.1 Å². The lowest BCUT2D eigenvalue weighted by molar-refractivity contribution is -0.134. The standard InChI is InChI=1S/C15H20N2O3/c1-10(2)9-12(14(16)18)17-15(19)13(20-3)11-7-5-4-6-8-11/h4-8,12-13H,1,9H2,2-3H3,(H2,16,18)(H,17,19)/t12-,13-/m0/s1. The van der Waals surface area contributed by atoms with E-state index in [1.807, 2.05) is 18.2 Å². The smallest absolute Gasteiger partial charge is 0.254 e. The third kappa shape index (κ3) is 4.51. The highest BCUT2D eigenvalue weighted by Crippen LogP contribution is 2.17. The number of benzene rings is 1. The molecule has 5 nitrogen and oxygen atoms in total. The summed E-state index contributed by atoms with van der Waals surface area (Å²) in [5.41, 5.74) is 6.76. The van der Waals surface area contributed by atoms with Crippen molar-refractivity contribution in [3.63, 3.8) is 0 Å². The van der Waals surface area contributed by atoms with Crippen molar-refractivity contribution >= 4 is 11.8 Å². The van der Waals surface area contributed by atoms with Crippen LogP contribution in [0.2, 0.25) is 0 Å². The molecule has 5 heteroatoms. The molecule has 1 aromatic rings. The molecule has 0 saturated heterocycles. The molecule has 20 heavy (non-hydrogen) atoms. The minimum atomic E-state index is -0.777. The van der Waals surface area contributed by atoms with E-state index in [-0.39, 0.29) is 0 Å². The van der Waals surface area contributed by atoms with E-state index >= 15 is 0 Å². The van der Waals surface area contributed by atoms with Crippen LogP contribution in [0.4, 0.5) is 0 Å². The SMILES string of the molecule is C=C(C)C[C@H](NC(=O)[C@@H](OC)c1ccccc1)C(N)=O. The number of nitrogens with two attached hydrogens (primary N) is 1. The number of carbonyl (C=O) groups excluding carboxylic acids is 2. The van der Waals surface area contributed by atoms with E-state index in [0.29, 0.717) is 12.0 Å². The first-order valence-corrected chi connectivity index (χ1v) is 6.27. The number of carbonyl (C=O) groups is 2. The van der Waals surface area contributed by atoms with Crippen molar-refractivity contribution in [1.29, 1.82) is 0 Å². The molecule has 0 aliphatic carbocycles. The average molecular weight is 276 g/mol. The van der Waals surface area contributed by atoms with Crippen molar-refractivity contribution in [2.75, 3.05) is 7.11 Å². The van der Waals surface area contributed by atoms with Gasteiger partial charge < -0.3 is 15.8 Å². The minimum Gasteiger partial charge on any atom is -0.368 e. The second kappa shape index (κ2) is 7.45. The van der Waals surface area contributed by atoms with Crippen LogP contribution in [-0.4, -0.2) is 25.0 Å². The van der Waals surface area contributed by atoms with Gasteiger partial charge in [-0.1, -0.05) is 35.9 Å². The van der Waals surface area contributed by atoms with E-state index in [2.05, 4.69) is 11.9 Å². The molecule has 108 valence electrons. The summed E-state index contributed by atoms with van der Waals surface area (Å²) >= 11 is 0. The Morgan fingerprint density at radius 2 is 1.95 bits per heavy atom. The second-order valence-electron chi connectivity index (χ2n) is 4.65. The van der Waals surface area contributed by atoms with Crippen LogP contribution in [0.3, 0.4) is 0 Å². The van der Waals surface area contributed by atoms with Crippen molar-refractivity contribution < 1.29 is 14.3 Å². The van der Waals surface area contributed by atoms with Crippen LogP contribution in [0.5, 0.6) is 0 Å². The first-order chi connectivity index (χ1) is 9.45. The maximum atomic E-state index is 12.2. The highest BCUT2D eigenvalue weighted by molar-refractivity contribution is 5.89. The summed E-state index contributed by atoms with van der Waals surface area (Å²) < 4.78 is 5.20. The number of amides is 2. The fraction of sp³-hybridized carbons (Fsp3) is 0.333. The Bertz CT molecular complexity index is 485. The molecular formula is C15H20N2O3. The Morgan fingerprint density at radius 1 is 1.35 bits per heavy atom. The molecule has 1 rings (SSSR count). The van der Waals surface area contributed by atoms with Crippen LogP contribution in [0, 0.1) is 0 Å². The summed E-state index contributed by atoms with van der Waals surface area (Å²) in [6.07, 6.45) is -0.463.